The molecule has 0 N–H and O–H groups in total. The molecule has 0 amide bonds. The summed E-state index contributed by atoms with van der Waals surface area (Å²) < 4.78 is 17.1. The third-order valence-electron chi connectivity index (χ3n) is 3.17. The van der Waals surface area contributed by atoms with Crippen molar-refractivity contribution >= 4 is 0 Å². The molecule has 0 saturated carbocycles. The summed E-state index contributed by atoms with van der Waals surface area (Å²) in [6.45, 7) is 4.32. The summed E-state index contributed by atoms with van der Waals surface area (Å²) in [6, 6.07) is 10.1. The van der Waals surface area contributed by atoms with E-state index in [0.717, 1.165) is 18.4 Å². The molecular formula is C15H16O3. The van der Waals surface area contributed by atoms with Crippen LogP contribution in [-0.2, 0) is 20.8 Å². The van der Waals surface area contributed by atoms with Crippen molar-refractivity contribution < 1.29 is 14.2 Å². The Balaban J connectivity index is 1.54. The predicted molar refractivity (Wildman–Crippen MR) is 67.4 cm³/mol. The van der Waals surface area contributed by atoms with Crippen LogP contribution in [0.15, 0.2) is 54.8 Å². The molecule has 18 heavy (non-hydrogen) atoms. The second-order valence-electron chi connectivity index (χ2n) is 4.60. The first kappa shape index (κ1) is 11.5. The van der Waals surface area contributed by atoms with Crippen molar-refractivity contribution in [2.75, 3.05) is 0 Å². The quantitative estimate of drug-likeness (QED) is 0.817. The van der Waals surface area contributed by atoms with Crippen molar-refractivity contribution in [1.82, 2.24) is 0 Å². The average molecular weight is 244 g/mol. The van der Waals surface area contributed by atoms with Crippen molar-refractivity contribution in [2.24, 2.45) is 0 Å². The molecule has 94 valence electrons. The minimum absolute atomic E-state index is 0.208. The van der Waals surface area contributed by atoms with Gasteiger partial charge in [-0.3, -0.25) is 0 Å². The van der Waals surface area contributed by atoms with Gasteiger partial charge in [-0.25, -0.2) is 0 Å². The molecule has 3 heteroatoms. The molecule has 0 aliphatic carbocycles. The van der Waals surface area contributed by atoms with E-state index in [-0.39, 0.29) is 6.29 Å². The zero-order valence-electron chi connectivity index (χ0n) is 10.2. The molecule has 2 atom stereocenters. The first-order valence-corrected chi connectivity index (χ1v) is 6.16. The Kier molecular flexibility index (Phi) is 2.94. The molecule has 2 aliphatic heterocycles. The van der Waals surface area contributed by atoms with Gasteiger partial charge in [0, 0.05) is 12.8 Å². The molecule has 1 saturated heterocycles. The van der Waals surface area contributed by atoms with Gasteiger partial charge >= 0.3 is 0 Å². The Labute approximate surface area is 107 Å². The highest BCUT2D eigenvalue weighted by atomic mass is 16.8. The maximum Gasteiger partial charge on any atom is 0.233 e. The highest BCUT2D eigenvalue weighted by molar-refractivity contribution is 5.20. The topological polar surface area (TPSA) is 27.7 Å². The summed E-state index contributed by atoms with van der Waals surface area (Å²) in [7, 11) is 0. The van der Waals surface area contributed by atoms with Gasteiger partial charge in [-0.1, -0.05) is 36.9 Å². The largest absolute Gasteiger partial charge is 0.459 e. The fourth-order valence-electron chi connectivity index (χ4n) is 2.25. The van der Waals surface area contributed by atoms with Crippen molar-refractivity contribution in [2.45, 2.75) is 31.5 Å². The summed E-state index contributed by atoms with van der Waals surface area (Å²) >= 11 is 0. The third kappa shape index (κ3) is 2.33. The van der Waals surface area contributed by atoms with E-state index in [1.54, 1.807) is 0 Å². The number of hydrogen-bond donors (Lipinski definition) is 0. The van der Waals surface area contributed by atoms with Crippen LogP contribution in [0.1, 0.15) is 18.4 Å². The summed E-state index contributed by atoms with van der Waals surface area (Å²) in [5.74, 6) is 0.0250. The second kappa shape index (κ2) is 4.59. The number of rotatable bonds is 3. The van der Waals surface area contributed by atoms with Crippen molar-refractivity contribution in [3.8, 4) is 0 Å². The molecule has 1 fully saturated rings. The van der Waals surface area contributed by atoms with E-state index in [1.165, 1.54) is 0 Å². The predicted octanol–water partition coefficient (Wildman–Crippen LogP) is 3.14. The Morgan fingerprint density at radius 2 is 2.17 bits per heavy atom. The van der Waals surface area contributed by atoms with E-state index in [9.17, 15) is 0 Å². The summed E-state index contributed by atoms with van der Waals surface area (Å²) in [6.07, 6.45) is 5.20. The van der Waals surface area contributed by atoms with Gasteiger partial charge in [0.2, 0.25) is 5.79 Å². The van der Waals surface area contributed by atoms with Gasteiger partial charge in [-0.15, -0.1) is 0 Å². The SMILES string of the molecule is C=C1C=CC2(CCC(OCc3ccccc3)O2)O1. The average Bonchev–Trinajstić information content (AvgIpc) is 2.96. The number of allylic oxidation sites excluding steroid dienone is 1. The molecule has 1 aromatic rings. The molecule has 3 nitrogen and oxygen atoms in total. The molecule has 2 aliphatic rings. The van der Waals surface area contributed by atoms with E-state index in [2.05, 4.69) is 6.58 Å². The van der Waals surface area contributed by atoms with E-state index >= 15 is 0 Å². The fraction of sp³-hybridized carbons (Fsp3) is 0.333. The standard InChI is InChI=1S/C15H16O3/c1-12-7-9-15(17-12)10-8-14(18-15)16-11-13-5-3-2-4-6-13/h2-7,9,14H,1,8,10-11H2. The van der Waals surface area contributed by atoms with Crippen LogP contribution in [0, 0.1) is 0 Å². The van der Waals surface area contributed by atoms with Crippen LogP contribution in [0.3, 0.4) is 0 Å². The van der Waals surface area contributed by atoms with E-state index in [1.807, 2.05) is 42.5 Å². The van der Waals surface area contributed by atoms with Crippen LogP contribution in [0.25, 0.3) is 0 Å². The maximum absolute atomic E-state index is 5.81. The molecule has 0 bridgehead atoms. The fourth-order valence-corrected chi connectivity index (χ4v) is 2.25. The molecule has 1 spiro atoms. The Morgan fingerprint density at radius 1 is 1.33 bits per heavy atom. The van der Waals surface area contributed by atoms with Crippen LogP contribution < -0.4 is 0 Å². The zero-order valence-corrected chi connectivity index (χ0v) is 10.2. The lowest BCUT2D eigenvalue weighted by molar-refractivity contribution is -0.229. The molecule has 1 aromatic carbocycles. The smallest absolute Gasteiger partial charge is 0.233 e. The van der Waals surface area contributed by atoms with Crippen LogP contribution in [0.4, 0.5) is 0 Å². The lowest BCUT2D eigenvalue weighted by Gasteiger charge is -2.22. The van der Waals surface area contributed by atoms with E-state index in [4.69, 9.17) is 14.2 Å². The van der Waals surface area contributed by atoms with Crippen LogP contribution in [0.5, 0.6) is 0 Å². The summed E-state index contributed by atoms with van der Waals surface area (Å²) in [4.78, 5) is 0. The lowest BCUT2D eigenvalue weighted by Crippen LogP contribution is -2.27. The summed E-state index contributed by atoms with van der Waals surface area (Å²) in [5, 5.41) is 0. The maximum atomic E-state index is 5.81. The van der Waals surface area contributed by atoms with E-state index in [0.29, 0.717) is 12.4 Å². The second-order valence-corrected chi connectivity index (χ2v) is 4.60. The van der Waals surface area contributed by atoms with Gasteiger partial charge in [0.15, 0.2) is 6.29 Å². The first-order chi connectivity index (χ1) is 8.76. The van der Waals surface area contributed by atoms with Gasteiger partial charge < -0.3 is 14.2 Å². The van der Waals surface area contributed by atoms with Crippen LogP contribution >= 0.6 is 0 Å². The first-order valence-electron chi connectivity index (χ1n) is 6.16. The minimum Gasteiger partial charge on any atom is -0.459 e. The Hall–Kier alpha value is -1.58. The molecule has 2 unspecified atom stereocenters. The van der Waals surface area contributed by atoms with Crippen LogP contribution in [0.2, 0.25) is 0 Å². The summed E-state index contributed by atoms with van der Waals surface area (Å²) in [5.41, 5.74) is 1.15. The van der Waals surface area contributed by atoms with Crippen molar-refractivity contribution in [3.63, 3.8) is 0 Å². The van der Waals surface area contributed by atoms with Gasteiger partial charge in [0.25, 0.3) is 0 Å². The van der Waals surface area contributed by atoms with Crippen molar-refractivity contribution in [1.29, 1.82) is 0 Å². The van der Waals surface area contributed by atoms with Crippen molar-refractivity contribution in [3.05, 3.63) is 60.4 Å². The number of hydrogen-bond acceptors (Lipinski definition) is 3. The molecular weight excluding hydrogens is 228 g/mol. The highest BCUT2D eigenvalue weighted by Crippen LogP contribution is 2.38. The van der Waals surface area contributed by atoms with Gasteiger partial charge in [-0.05, 0) is 17.7 Å². The highest BCUT2D eigenvalue weighted by Gasteiger charge is 2.43. The third-order valence-corrected chi connectivity index (χ3v) is 3.17. The molecule has 0 aromatic heterocycles. The number of ether oxygens (including phenoxy) is 3. The normalized spacial score (nSPS) is 30.0. The molecule has 2 heterocycles. The number of benzene rings is 1. The zero-order chi connectivity index (χ0) is 12.4. The Morgan fingerprint density at radius 3 is 2.89 bits per heavy atom. The van der Waals surface area contributed by atoms with Gasteiger partial charge in [0.1, 0.15) is 5.76 Å². The van der Waals surface area contributed by atoms with Gasteiger partial charge in [-0.2, -0.15) is 0 Å². The van der Waals surface area contributed by atoms with Gasteiger partial charge in [0.05, 0.1) is 6.61 Å². The molecule has 3 rings (SSSR count). The lowest BCUT2D eigenvalue weighted by atomic mass is 10.2. The molecule has 0 radical (unpaired) electrons. The monoisotopic (exact) mass is 244 g/mol. The van der Waals surface area contributed by atoms with E-state index < -0.39 is 5.79 Å². The van der Waals surface area contributed by atoms with Crippen LogP contribution in [-0.4, -0.2) is 12.1 Å². The minimum atomic E-state index is -0.627. The Bertz CT molecular complexity index is 466.